The summed E-state index contributed by atoms with van der Waals surface area (Å²) in [5, 5.41) is 8.41. The van der Waals surface area contributed by atoms with Crippen molar-refractivity contribution in [3.8, 4) is 0 Å². The summed E-state index contributed by atoms with van der Waals surface area (Å²) in [5.41, 5.74) is 1.98. The minimum Gasteiger partial charge on any atom is -0.447 e. The third-order valence-corrected chi connectivity index (χ3v) is 3.74. The number of rotatable bonds is 8. The van der Waals surface area contributed by atoms with Gasteiger partial charge in [0, 0.05) is 28.6 Å². The van der Waals surface area contributed by atoms with E-state index < -0.39 is 6.09 Å². The summed E-state index contributed by atoms with van der Waals surface area (Å²) in [5.74, 6) is -0.176. The van der Waals surface area contributed by atoms with Gasteiger partial charge in [-0.05, 0) is 42.5 Å². The Kier molecular flexibility index (Phi) is 7.91. The summed E-state index contributed by atoms with van der Waals surface area (Å²) in [6.07, 6.45) is -0.563. The van der Waals surface area contributed by atoms with Crippen molar-refractivity contribution < 1.29 is 19.1 Å². The predicted molar refractivity (Wildman–Crippen MR) is 105 cm³/mol. The molecule has 0 heterocycles. The number of anilines is 3. The number of halogens is 1. The van der Waals surface area contributed by atoms with Crippen LogP contribution in [0.15, 0.2) is 53.0 Å². The van der Waals surface area contributed by atoms with E-state index in [0.717, 1.165) is 4.47 Å². The average Bonchev–Trinajstić information content (AvgIpc) is 2.62. The Morgan fingerprint density at radius 1 is 0.962 bits per heavy atom. The standard InChI is InChI=1S/C18H20BrN3O4/c1-25-9-10-26-18(24)22-16-4-2-3-15(11-16)20-12-17(23)21-14-7-5-13(19)6-8-14/h2-8,11,20H,9-10,12H2,1H3,(H,21,23)(H,22,24). The third kappa shape index (κ3) is 7.12. The van der Waals surface area contributed by atoms with Crippen molar-refractivity contribution in [3.05, 3.63) is 53.0 Å². The van der Waals surface area contributed by atoms with E-state index in [1.807, 2.05) is 24.3 Å². The van der Waals surface area contributed by atoms with Crippen molar-refractivity contribution in [1.29, 1.82) is 0 Å². The molecule has 0 saturated heterocycles. The van der Waals surface area contributed by atoms with Crippen LogP contribution < -0.4 is 16.0 Å². The molecule has 2 rings (SSSR count). The minimum absolute atomic E-state index is 0.0950. The fourth-order valence-electron chi connectivity index (χ4n) is 2.00. The van der Waals surface area contributed by atoms with Crippen LogP contribution in [-0.4, -0.2) is 38.9 Å². The molecule has 0 bridgehead atoms. The zero-order chi connectivity index (χ0) is 18.8. The summed E-state index contributed by atoms with van der Waals surface area (Å²) in [6.45, 7) is 0.608. The van der Waals surface area contributed by atoms with Gasteiger partial charge in [-0.2, -0.15) is 0 Å². The Bertz CT molecular complexity index is 737. The molecule has 0 saturated carbocycles. The molecule has 0 aliphatic heterocycles. The fraction of sp³-hybridized carbons (Fsp3) is 0.222. The first-order valence-electron chi connectivity index (χ1n) is 7.89. The van der Waals surface area contributed by atoms with Gasteiger partial charge in [0.25, 0.3) is 0 Å². The van der Waals surface area contributed by atoms with Crippen LogP contribution in [0.4, 0.5) is 21.9 Å². The maximum atomic E-state index is 12.0. The highest BCUT2D eigenvalue weighted by Gasteiger charge is 2.05. The molecule has 7 nitrogen and oxygen atoms in total. The van der Waals surface area contributed by atoms with E-state index in [1.54, 1.807) is 24.3 Å². The summed E-state index contributed by atoms with van der Waals surface area (Å²) in [6, 6.07) is 14.3. The lowest BCUT2D eigenvalue weighted by Gasteiger charge is -2.10. The van der Waals surface area contributed by atoms with Gasteiger partial charge in [0.2, 0.25) is 5.91 Å². The van der Waals surface area contributed by atoms with Crippen molar-refractivity contribution in [1.82, 2.24) is 0 Å². The van der Waals surface area contributed by atoms with E-state index in [-0.39, 0.29) is 19.1 Å². The van der Waals surface area contributed by atoms with E-state index in [4.69, 9.17) is 9.47 Å². The molecule has 0 radical (unpaired) electrons. The molecule has 8 heteroatoms. The monoisotopic (exact) mass is 421 g/mol. The van der Waals surface area contributed by atoms with Crippen LogP contribution in [0.1, 0.15) is 0 Å². The molecule has 0 aromatic heterocycles. The topological polar surface area (TPSA) is 88.7 Å². The first-order chi connectivity index (χ1) is 12.6. The summed E-state index contributed by atoms with van der Waals surface area (Å²) in [4.78, 5) is 23.6. The second-order valence-corrected chi connectivity index (χ2v) is 6.16. The highest BCUT2D eigenvalue weighted by Crippen LogP contribution is 2.16. The van der Waals surface area contributed by atoms with Crippen LogP contribution in [0.5, 0.6) is 0 Å². The van der Waals surface area contributed by atoms with Crippen LogP contribution in [0.2, 0.25) is 0 Å². The normalized spacial score (nSPS) is 10.1. The molecule has 3 N–H and O–H groups in total. The molecule has 0 aliphatic rings. The molecule has 138 valence electrons. The van der Waals surface area contributed by atoms with Crippen LogP contribution in [0.25, 0.3) is 0 Å². The van der Waals surface area contributed by atoms with Gasteiger partial charge in [0.1, 0.15) is 6.61 Å². The Labute approximate surface area is 160 Å². The zero-order valence-electron chi connectivity index (χ0n) is 14.3. The van der Waals surface area contributed by atoms with Gasteiger partial charge in [0.15, 0.2) is 0 Å². The van der Waals surface area contributed by atoms with Gasteiger partial charge in [-0.15, -0.1) is 0 Å². The maximum absolute atomic E-state index is 12.0. The summed E-state index contributed by atoms with van der Waals surface area (Å²) >= 11 is 3.34. The van der Waals surface area contributed by atoms with Gasteiger partial charge < -0.3 is 20.1 Å². The Morgan fingerprint density at radius 3 is 2.42 bits per heavy atom. The van der Waals surface area contributed by atoms with Crippen molar-refractivity contribution in [2.75, 3.05) is 42.8 Å². The number of methoxy groups -OCH3 is 1. The number of amides is 2. The molecule has 0 spiro atoms. The number of hydrogen-bond acceptors (Lipinski definition) is 5. The van der Waals surface area contributed by atoms with E-state index >= 15 is 0 Å². The second kappa shape index (κ2) is 10.4. The molecule has 26 heavy (non-hydrogen) atoms. The largest absolute Gasteiger partial charge is 0.447 e. The molecular formula is C18H20BrN3O4. The molecule has 2 aromatic carbocycles. The lowest BCUT2D eigenvalue weighted by molar-refractivity contribution is -0.114. The molecule has 2 aromatic rings. The lowest BCUT2D eigenvalue weighted by atomic mass is 10.2. The third-order valence-electron chi connectivity index (χ3n) is 3.21. The van der Waals surface area contributed by atoms with E-state index in [1.165, 1.54) is 7.11 Å². The smallest absolute Gasteiger partial charge is 0.411 e. The van der Waals surface area contributed by atoms with Crippen LogP contribution >= 0.6 is 15.9 Å². The number of hydrogen-bond donors (Lipinski definition) is 3. The van der Waals surface area contributed by atoms with Crippen molar-refractivity contribution in [2.24, 2.45) is 0 Å². The Hall–Kier alpha value is -2.58. The van der Waals surface area contributed by atoms with Crippen LogP contribution in [-0.2, 0) is 14.3 Å². The van der Waals surface area contributed by atoms with Gasteiger partial charge in [-0.25, -0.2) is 4.79 Å². The fourth-order valence-corrected chi connectivity index (χ4v) is 2.26. The molecule has 2 amide bonds. The van der Waals surface area contributed by atoms with Crippen LogP contribution in [0, 0.1) is 0 Å². The zero-order valence-corrected chi connectivity index (χ0v) is 15.8. The SMILES string of the molecule is COCCOC(=O)Nc1cccc(NCC(=O)Nc2ccc(Br)cc2)c1. The molecule has 0 unspecified atom stereocenters. The minimum atomic E-state index is -0.563. The Balaban J connectivity index is 1.81. The summed E-state index contributed by atoms with van der Waals surface area (Å²) < 4.78 is 10.7. The van der Waals surface area contributed by atoms with E-state index in [9.17, 15) is 9.59 Å². The molecule has 0 aliphatic carbocycles. The maximum Gasteiger partial charge on any atom is 0.411 e. The second-order valence-electron chi connectivity index (χ2n) is 5.24. The predicted octanol–water partition coefficient (Wildman–Crippen LogP) is 3.69. The van der Waals surface area contributed by atoms with Gasteiger partial charge in [0.05, 0.1) is 13.2 Å². The number of ether oxygens (including phenoxy) is 2. The number of carbonyl (C=O) groups excluding carboxylic acids is 2. The molecular weight excluding hydrogens is 402 g/mol. The average molecular weight is 422 g/mol. The van der Waals surface area contributed by atoms with Crippen molar-refractivity contribution >= 4 is 45.0 Å². The number of carbonyl (C=O) groups is 2. The molecule has 0 fully saturated rings. The molecule has 0 atom stereocenters. The van der Waals surface area contributed by atoms with Gasteiger partial charge >= 0.3 is 6.09 Å². The van der Waals surface area contributed by atoms with E-state index in [2.05, 4.69) is 31.9 Å². The quantitative estimate of drug-likeness (QED) is 0.565. The lowest BCUT2D eigenvalue weighted by Crippen LogP contribution is -2.21. The van der Waals surface area contributed by atoms with Crippen molar-refractivity contribution in [2.45, 2.75) is 0 Å². The van der Waals surface area contributed by atoms with E-state index in [0.29, 0.717) is 23.7 Å². The number of benzene rings is 2. The first kappa shape index (κ1) is 19.7. The number of nitrogens with one attached hydrogen (secondary N) is 3. The van der Waals surface area contributed by atoms with Crippen LogP contribution in [0.3, 0.4) is 0 Å². The van der Waals surface area contributed by atoms with Gasteiger partial charge in [-0.3, -0.25) is 10.1 Å². The van der Waals surface area contributed by atoms with Gasteiger partial charge in [-0.1, -0.05) is 22.0 Å². The summed E-state index contributed by atoms with van der Waals surface area (Å²) in [7, 11) is 1.53. The van der Waals surface area contributed by atoms with Crippen molar-refractivity contribution in [3.63, 3.8) is 0 Å². The first-order valence-corrected chi connectivity index (χ1v) is 8.68. The highest BCUT2D eigenvalue weighted by molar-refractivity contribution is 9.10. The highest BCUT2D eigenvalue weighted by atomic mass is 79.9. The Morgan fingerprint density at radius 2 is 1.69 bits per heavy atom.